The van der Waals surface area contributed by atoms with Crippen molar-refractivity contribution in [2.45, 2.75) is 12.6 Å². The maximum absolute atomic E-state index is 14.0. The van der Waals surface area contributed by atoms with E-state index < -0.39 is 9.84 Å². The maximum atomic E-state index is 14.0. The topological polar surface area (TPSA) is 55.2 Å². The van der Waals surface area contributed by atoms with E-state index in [1.165, 1.54) is 6.07 Å². The number of nitrogens with zero attached hydrogens (tertiary/aromatic N) is 3. The van der Waals surface area contributed by atoms with Gasteiger partial charge in [-0.3, -0.25) is 9.58 Å². The van der Waals surface area contributed by atoms with Gasteiger partial charge in [0.2, 0.25) is 0 Å². The van der Waals surface area contributed by atoms with E-state index in [0.29, 0.717) is 17.1 Å². The fourth-order valence-electron chi connectivity index (χ4n) is 2.84. The normalized spacial score (nSPS) is 21.4. The number of sulfone groups is 1. The van der Waals surface area contributed by atoms with E-state index in [0.717, 1.165) is 5.56 Å². The molecule has 124 valence electrons. The molecule has 1 saturated heterocycles. The molecule has 8 heteroatoms. The van der Waals surface area contributed by atoms with Crippen LogP contribution in [0.15, 0.2) is 30.6 Å². The first-order chi connectivity index (χ1) is 10.9. The van der Waals surface area contributed by atoms with Crippen molar-refractivity contribution in [1.82, 2.24) is 14.7 Å². The van der Waals surface area contributed by atoms with Gasteiger partial charge in [0.15, 0.2) is 9.84 Å². The zero-order valence-electron chi connectivity index (χ0n) is 12.6. The molecule has 0 amide bonds. The lowest BCUT2D eigenvalue weighted by atomic mass is 10.1. The third-order valence-corrected chi connectivity index (χ3v) is 6.06. The Morgan fingerprint density at radius 3 is 2.87 bits per heavy atom. The number of halogens is 2. The van der Waals surface area contributed by atoms with Crippen LogP contribution in [0.25, 0.3) is 0 Å². The Bertz CT molecular complexity index is 802. The molecule has 1 atom stereocenters. The van der Waals surface area contributed by atoms with Crippen LogP contribution in [0.2, 0.25) is 5.02 Å². The van der Waals surface area contributed by atoms with Crippen molar-refractivity contribution in [3.63, 3.8) is 0 Å². The molecule has 0 N–H and O–H groups in total. The van der Waals surface area contributed by atoms with Crippen molar-refractivity contribution in [3.05, 3.63) is 52.6 Å². The van der Waals surface area contributed by atoms with Crippen LogP contribution in [-0.4, -0.2) is 41.1 Å². The van der Waals surface area contributed by atoms with E-state index in [1.54, 1.807) is 36.3 Å². The van der Waals surface area contributed by atoms with Gasteiger partial charge in [-0.25, -0.2) is 12.8 Å². The van der Waals surface area contributed by atoms with Crippen LogP contribution < -0.4 is 0 Å². The van der Waals surface area contributed by atoms with Crippen molar-refractivity contribution in [1.29, 1.82) is 0 Å². The largest absolute Gasteiger partial charge is 0.290 e. The molecule has 3 rings (SSSR count). The molecule has 1 aliphatic heterocycles. The van der Waals surface area contributed by atoms with Gasteiger partial charge in [-0.05, 0) is 12.1 Å². The van der Waals surface area contributed by atoms with E-state index >= 15 is 0 Å². The average molecular weight is 358 g/mol. The Kier molecular flexibility index (Phi) is 4.44. The summed E-state index contributed by atoms with van der Waals surface area (Å²) in [6.45, 7) is 0.604. The molecule has 0 unspecified atom stereocenters. The van der Waals surface area contributed by atoms with E-state index in [1.807, 2.05) is 4.90 Å². The Balaban J connectivity index is 1.92. The summed E-state index contributed by atoms with van der Waals surface area (Å²) in [5, 5.41) is 4.46. The van der Waals surface area contributed by atoms with Gasteiger partial charge in [-0.1, -0.05) is 17.7 Å². The predicted molar refractivity (Wildman–Crippen MR) is 86.4 cm³/mol. The predicted octanol–water partition coefficient (Wildman–Crippen LogP) is 2.18. The fourth-order valence-corrected chi connectivity index (χ4v) is 4.62. The third-order valence-electron chi connectivity index (χ3n) is 4.07. The highest BCUT2D eigenvalue weighted by Gasteiger charge is 2.33. The molecule has 2 heterocycles. The van der Waals surface area contributed by atoms with Crippen LogP contribution in [0.3, 0.4) is 0 Å². The summed E-state index contributed by atoms with van der Waals surface area (Å²) in [4.78, 5) is 1.95. The summed E-state index contributed by atoms with van der Waals surface area (Å²) >= 11 is 6.10. The summed E-state index contributed by atoms with van der Waals surface area (Å²) in [6, 6.07) is 4.21. The lowest BCUT2D eigenvalue weighted by Crippen LogP contribution is -2.42. The summed E-state index contributed by atoms with van der Waals surface area (Å²) in [7, 11) is -1.35. The minimum absolute atomic E-state index is 0.00473. The van der Waals surface area contributed by atoms with Gasteiger partial charge in [-0.15, -0.1) is 0 Å². The molecule has 0 aliphatic carbocycles. The summed E-state index contributed by atoms with van der Waals surface area (Å²) in [6.07, 6.45) is 3.45. The first kappa shape index (κ1) is 16.4. The van der Waals surface area contributed by atoms with Gasteiger partial charge < -0.3 is 0 Å². The Labute approximate surface area is 139 Å². The molecule has 23 heavy (non-hydrogen) atoms. The third kappa shape index (κ3) is 3.57. The molecule has 5 nitrogen and oxygen atoms in total. The highest BCUT2D eigenvalue weighted by molar-refractivity contribution is 7.91. The summed E-state index contributed by atoms with van der Waals surface area (Å²) < 4.78 is 39.7. The average Bonchev–Trinajstić information content (AvgIpc) is 2.90. The van der Waals surface area contributed by atoms with Crippen molar-refractivity contribution in [3.8, 4) is 0 Å². The molecule has 1 aliphatic rings. The second kappa shape index (κ2) is 6.22. The molecule has 1 aromatic carbocycles. The molecular weight excluding hydrogens is 341 g/mol. The van der Waals surface area contributed by atoms with Gasteiger partial charge in [0.1, 0.15) is 5.82 Å². The highest BCUT2D eigenvalue weighted by atomic mass is 35.5. The van der Waals surface area contributed by atoms with E-state index in [9.17, 15) is 12.8 Å². The zero-order chi connectivity index (χ0) is 16.6. The molecule has 1 fully saturated rings. The molecule has 0 saturated carbocycles. The van der Waals surface area contributed by atoms with Gasteiger partial charge in [0.25, 0.3) is 0 Å². The van der Waals surface area contributed by atoms with Crippen LogP contribution in [0.4, 0.5) is 4.39 Å². The highest BCUT2D eigenvalue weighted by Crippen LogP contribution is 2.30. The van der Waals surface area contributed by atoms with E-state index in [4.69, 9.17) is 11.6 Å². The van der Waals surface area contributed by atoms with E-state index in [-0.39, 0.29) is 29.9 Å². The standard InChI is InChI=1S/C15H17ClFN3O2S/c1-19-8-11(7-18-19)15-10-23(21,22)6-5-20(15)9-12-13(16)3-2-4-14(12)17/h2-4,7-8,15H,5-6,9-10H2,1H3/t15-/m1/s1. The fraction of sp³-hybridized carbons (Fsp3) is 0.400. The van der Waals surface area contributed by atoms with Crippen molar-refractivity contribution in [2.24, 2.45) is 7.05 Å². The second-order valence-corrected chi connectivity index (χ2v) is 8.38. The SMILES string of the molecule is Cn1cc([C@H]2CS(=O)(=O)CCN2Cc2c(F)cccc2Cl)cn1. The van der Waals surface area contributed by atoms with Crippen LogP contribution in [0.1, 0.15) is 17.2 Å². The molecule has 1 aromatic heterocycles. The van der Waals surface area contributed by atoms with Crippen LogP contribution in [0.5, 0.6) is 0 Å². The number of hydrogen-bond acceptors (Lipinski definition) is 4. The van der Waals surface area contributed by atoms with Gasteiger partial charge in [-0.2, -0.15) is 5.10 Å². The summed E-state index contributed by atoms with van der Waals surface area (Å²) in [5.74, 6) is -0.309. The molecule has 0 bridgehead atoms. The second-order valence-electron chi connectivity index (χ2n) is 5.75. The number of hydrogen-bond donors (Lipinski definition) is 0. The molecule has 2 aromatic rings. The quantitative estimate of drug-likeness (QED) is 0.845. The lowest BCUT2D eigenvalue weighted by Gasteiger charge is -2.35. The lowest BCUT2D eigenvalue weighted by molar-refractivity contribution is 0.203. The number of aryl methyl sites for hydroxylation is 1. The minimum Gasteiger partial charge on any atom is -0.290 e. The smallest absolute Gasteiger partial charge is 0.153 e. The van der Waals surface area contributed by atoms with Gasteiger partial charge in [0.05, 0.1) is 23.7 Å². The Hall–Kier alpha value is -1.44. The van der Waals surface area contributed by atoms with Gasteiger partial charge in [0, 0.05) is 42.5 Å². The van der Waals surface area contributed by atoms with E-state index in [2.05, 4.69) is 5.10 Å². The number of aromatic nitrogens is 2. The Morgan fingerprint density at radius 2 is 2.22 bits per heavy atom. The zero-order valence-corrected chi connectivity index (χ0v) is 14.2. The van der Waals surface area contributed by atoms with Crippen molar-refractivity contribution >= 4 is 21.4 Å². The van der Waals surface area contributed by atoms with Crippen molar-refractivity contribution < 1.29 is 12.8 Å². The summed E-state index contributed by atoms with van der Waals surface area (Å²) in [5.41, 5.74) is 1.20. The van der Waals surface area contributed by atoms with Gasteiger partial charge >= 0.3 is 0 Å². The molecule has 0 radical (unpaired) electrons. The number of benzene rings is 1. The molecule has 0 spiro atoms. The number of rotatable bonds is 3. The first-order valence-electron chi connectivity index (χ1n) is 7.21. The molecular formula is C15H17ClFN3O2S. The van der Waals surface area contributed by atoms with Crippen LogP contribution in [-0.2, 0) is 23.4 Å². The van der Waals surface area contributed by atoms with Crippen LogP contribution in [0, 0.1) is 5.82 Å². The maximum Gasteiger partial charge on any atom is 0.153 e. The Morgan fingerprint density at radius 1 is 1.43 bits per heavy atom. The minimum atomic E-state index is -3.12. The first-order valence-corrected chi connectivity index (χ1v) is 9.41. The van der Waals surface area contributed by atoms with Crippen molar-refractivity contribution in [2.75, 3.05) is 18.1 Å². The monoisotopic (exact) mass is 357 g/mol. The van der Waals surface area contributed by atoms with Crippen LogP contribution >= 0.6 is 11.6 Å².